The van der Waals surface area contributed by atoms with Gasteiger partial charge in [0.15, 0.2) is 11.5 Å². The van der Waals surface area contributed by atoms with E-state index in [0.29, 0.717) is 24.7 Å². The molecule has 0 fully saturated rings. The second-order valence-electron chi connectivity index (χ2n) is 6.86. The fraction of sp³-hybridized carbons (Fsp3) is 0.217. The third kappa shape index (κ3) is 3.87. The molecule has 29 heavy (non-hydrogen) atoms. The first-order valence-corrected chi connectivity index (χ1v) is 9.56. The molecule has 148 valence electrons. The molecule has 3 aromatic rings. The van der Waals surface area contributed by atoms with E-state index in [1.54, 1.807) is 6.21 Å². The largest absolute Gasteiger partial charge is 0.486 e. The number of benzene rings is 2. The molecular formula is C23H23N3O3. The van der Waals surface area contributed by atoms with Crippen molar-refractivity contribution in [3.63, 3.8) is 0 Å². The fourth-order valence-corrected chi connectivity index (χ4v) is 3.58. The molecule has 2 heterocycles. The van der Waals surface area contributed by atoms with Crippen molar-refractivity contribution in [3.05, 3.63) is 71.9 Å². The topological polar surface area (TPSA) is 64.9 Å². The Balaban J connectivity index is 1.47. The highest BCUT2D eigenvalue weighted by Crippen LogP contribution is 2.30. The van der Waals surface area contributed by atoms with Crippen LogP contribution < -0.4 is 14.9 Å². The van der Waals surface area contributed by atoms with Crippen molar-refractivity contribution in [1.82, 2.24) is 9.99 Å². The predicted molar refractivity (Wildman–Crippen MR) is 114 cm³/mol. The van der Waals surface area contributed by atoms with Crippen molar-refractivity contribution in [2.45, 2.75) is 19.9 Å². The van der Waals surface area contributed by atoms with Crippen molar-refractivity contribution < 1.29 is 14.3 Å². The maximum atomic E-state index is 12.3. The molecule has 1 amide bonds. The Labute approximate surface area is 169 Å². The van der Waals surface area contributed by atoms with E-state index in [4.69, 9.17) is 9.47 Å². The third-order valence-electron chi connectivity index (χ3n) is 4.95. The van der Waals surface area contributed by atoms with Gasteiger partial charge in [-0.3, -0.25) is 4.79 Å². The lowest BCUT2D eigenvalue weighted by atomic mass is 10.1. The molecule has 6 heteroatoms. The average Bonchev–Trinajstić information content (AvgIpc) is 3.00. The van der Waals surface area contributed by atoms with E-state index in [1.807, 2.05) is 43.3 Å². The van der Waals surface area contributed by atoms with Crippen molar-refractivity contribution in [2.75, 3.05) is 13.2 Å². The van der Waals surface area contributed by atoms with E-state index >= 15 is 0 Å². The number of amides is 1. The fourth-order valence-electron chi connectivity index (χ4n) is 3.58. The van der Waals surface area contributed by atoms with Crippen molar-refractivity contribution >= 4 is 23.0 Å². The minimum Gasteiger partial charge on any atom is -0.486 e. The number of rotatable bonds is 6. The number of hydrogen-bond donors (Lipinski definition) is 1. The Hall–Kier alpha value is -3.54. The lowest BCUT2D eigenvalue weighted by Crippen LogP contribution is -2.20. The second-order valence-corrected chi connectivity index (χ2v) is 6.86. The normalized spacial score (nSPS) is 13.0. The van der Waals surface area contributed by atoms with Gasteiger partial charge in [-0.1, -0.05) is 30.3 Å². The van der Waals surface area contributed by atoms with E-state index in [-0.39, 0.29) is 12.3 Å². The maximum Gasteiger partial charge on any atom is 0.244 e. The van der Waals surface area contributed by atoms with E-state index in [1.165, 1.54) is 0 Å². The van der Waals surface area contributed by atoms with Crippen molar-refractivity contribution in [1.29, 1.82) is 0 Å². The van der Waals surface area contributed by atoms with Gasteiger partial charge in [-0.25, -0.2) is 5.43 Å². The van der Waals surface area contributed by atoms with Crippen LogP contribution in [0.4, 0.5) is 0 Å². The first-order valence-electron chi connectivity index (χ1n) is 9.56. The molecule has 1 N–H and O–H groups in total. The van der Waals surface area contributed by atoms with Crippen LogP contribution in [0.15, 0.2) is 60.2 Å². The van der Waals surface area contributed by atoms with Crippen LogP contribution in [-0.2, 0) is 17.8 Å². The molecular weight excluding hydrogens is 366 g/mol. The van der Waals surface area contributed by atoms with Gasteiger partial charge in [-0.05, 0) is 30.7 Å². The number of aromatic nitrogens is 1. The molecule has 0 aliphatic carbocycles. The van der Waals surface area contributed by atoms with E-state index in [2.05, 4.69) is 33.8 Å². The Morgan fingerprint density at radius 1 is 1.21 bits per heavy atom. The van der Waals surface area contributed by atoms with Crippen molar-refractivity contribution in [2.24, 2.45) is 5.10 Å². The number of nitrogens with one attached hydrogen (secondary N) is 1. The molecule has 6 nitrogen and oxygen atoms in total. The van der Waals surface area contributed by atoms with Gasteiger partial charge in [0, 0.05) is 28.7 Å². The quantitative estimate of drug-likeness (QED) is 0.398. The molecule has 0 saturated carbocycles. The number of ether oxygens (including phenoxy) is 2. The number of hydrazone groups is 1. The van der Waals surface area contributed by atoms with Gasteiger partial charge in [0.1, 0.15) is 13.2 Å². The SMILES string of the molecule is C=CCn1c(C)c(/C=N\NC(=O)Cc2ccc3c(c2)OCCO3)c2ccccc21. The zero-order chi connectivity index (χ0) is 20.2. The smallest absolute Gasteiger partial charge is 0.244 e. The Morgan fingerprint density at radius 2 is 2.00 bits per heavy atom. The number of carbonyl (C=O) groups is 1. The minimum atomic E-state index is -0.189. The minimum absolute atomic E-state index is 0.189. The molecule has 1 aliphatic rings. The summed E-state index contributed by atoms with van der Waals surface area (Å²) in [6.07, 6.45) is 3.79. The van der Waals surface area contributed by atoms with E-state index in [0.717, 1.165) is 34.3 Å². The number of carbonyl (C=O) groups excluding carboxylic acids is 1. The summed E-state index contributed by atoms with van der Waals surface area (Å²) in [5, 5.41) is 5.28. The summed E-state index contributed by atoms with van der Waals surface area (Å²) in [5.74, 6) is 1.20. The summed E-state index contributed by atoms with van der Waals surface area (Å²) in [6.45, 7) is 7.66. The summed E-state index contributed by atoms with van der Waals surface area (Å²) >= 11 is 0. The van der Waals surface area contributed by atoms with Crippen molar-refractivity contribution in [3.8, 4) is 11.5 Å². The molecule has 0 atom stereocenters. The van der Waals surface area contributed by atoms with Crippen LogP contribution in [0.25, 0.3) is 10.9 Å². The highest BCUT2D eigenvalue weighted by atomic mass is 16.6. The van der Waals surface area contributed by atoms with Gasteiger partial charge in [0.05, 0.1) is 12.6 Å². The number of nitrogens with zero attached hydrogens (tertiary/aromatic N) is 2. The molecule has 0 unspecified atom stereocenters. The van der Waals surface area contributed by atoms with E-state index in [9.17, 15) is 4.79 Å². The van der Waals surface area contributed by atoms with Crippen LogP contribution in [0.2, 0.25) is 0 Å². The molecule has 0 spiro atoms. The standard InChI is InChI=1S/C23H23N3O3/c1-3-10-26-16(2)19(18-6-4-5-7-20(18)26)15-24-25-23(27)14-17-8-9-21-22(13-17)29-12-11-28-21/h3-9,13,15H,1,10-12,14H2,2H3,(H,25,27)/b24-15-. The first kappa shape index (κ1) is 18.8. The van der Waals surface area contributed by atoms with Gasteiger partial charge in [0.25, 0.3) is 0 Å². The van der Waals surface area contributed by atoms with Crippen LogP contribution in [0.3, 0.4) is 0 Å². The average molecular weight is 389 g/mol. The highest BCUT2D eigenvalue weighted by molar-refractivity contribution is 6.01. The Bertz CT molecular complexity index is 1100. The van der Waals surface area contributed by atoms with Gasteiger partial charge >= 0.3 is 0 Å². The molecule has 4 rings (SSSR count). The second kappa shape index (κ2) is 8.22. The lowest BCUT2D eigenvalue weighted by molar-refractivity contribution is -0.120. The van der Waals surface area contributed by atoms with Crippen LogP contribution in [0.5, 0.6) is 11.5 Å². The summed E-state index contributed by atoms with van der Waals surface area (Å²) in [6, 6.07) is 13.7. The maximum absolute atomic E-state index is 12.3. The number of fused-ring (bicyclic) bond motifs is 2. The summed E-state index contributed by atoms with van der Waals surface area (Å²) in [4.78, 5) is 12.3. The van der Waals surface area contributed by atoms with Gasteiger partial charge < -0.3 is 14.0 Å². The van der Waals surface area contributed by atoms with Crippen LogP contribution in [0.1, 0.15) is 16.8 Å². The first-order chi connectivity index (χ1) is 14.2. The van der Waals surface area contributed by atoms with Gasteiger partial charge in [-0.15, -0.1) is 6.58 Å². The van der Waals surface area contributed by atoms with E-state index < -0.39 is 0 Å². The van der Waals surface area contributed by atoms with Gasteiger partial charge in [-0.2, -0.15) is 5.10 Å². The zero-order valence-corrected chi connectivity index (χ0v) is 16.4. The molecule has 0 saturated heterocycles. The monoisotopic (exact) mass is 389 g/mol. The number of para-hydroxylation sites is 1. The Morgan fingerprint density at radius 3 is 2.83 bits per heavy atom. The molecule has 2 aromatic carbocycles. The Kier molecular flexibility index (Phi) is 5.33. The van der Waals surface area contributed by atoms with Gasteiger partial charge in [0.2, 0.25) is 5.91 Å². The number of hydrogen-bond acceptors (Lipinski definition) is 4. The predicted octanol–water partition coefficient (Wildman–Crippen LogP) is 3.60. The summed E-state index contributed by atoms with van der Waals surface area (Å²) in [5.41, 5.74) is 6.66. The third-order valence-corrected chi connectivity index (χ3v) is 4.95. The lowest BCUT2D eigenvalue weighted by Gasteiger charge is -2.18. The highest BCUT2D eigenvalue weighted by Gasteiger charge is 2.14. The molecule has 0 radical (unpaired) electrons. The van der Waals surface area contributed by atoms with Crippen LogP contribution >= 0.6 is 0 Å². The van der Waals surface area contributed by atoms with Crippen LogP contribution in [-0.4, -0.2) is 29.9 Å². The summed E-state index contributed by atoms with van der Waals surface area (Å²) < 4.78 is 13.3. The molecule has 1 aromatic heterocycles. The number of allylic oxidation sites excluding steroid dienone is 1. The summed E-state index contributed by atoms with van der Waals surface area (Å²) in [7, 11) is 0. The molecule has 1 aliphatic heterocycles. The van der Waals surface area contributed by atoms with Crippen LogP contribution in [0, 0.1) is 6.92 Å². The zero-order valence-electron chi connectivity index (χ0n) is 16.4. The molecule has 0 bridgehead atoms.